The highest BCUT2D eigenvalue weighted by molar-refractivity contribution is 7.79. The van der Waals surface area contributed by atoms with Gasteiger partial charge in [0.2, 0.25) is 0 Å². The van der Waals surface area contributed by atoms with E-state index in [0.29, 0.717) is 11.8 Å². The first-order valence-electron chi connectivity index (χ1n) is 4.41. The Bertz CT molecular complexity index is 171. The molecule has 0 amide bonds. The molecule has 0 spiro atoms. The Morgan fingerprint density at radius 1 is 1.54 bits per heavy atom. The molecule has 76 valence electrons. The molecule has 0 radical (unpaired) electrons. The van der Waals surface area contributed by atoms with Gasteiger partial charge in [0.05, 0.1) is 6.07 Å². The maximum atomic E-state index is 8.70. The number of nitrogens with two attached hydrogens (primary N) is 1. The first kappa shape index (κ1) is 13.1. The summed E-state index contributed by atoms with van der Waals surface area (Å²) in [6.07, 6.45) is 5.32. The zero-order chi connectivity index (χ0) is 10.3. The maximum Gasteiger partial charge on any atom is 0.104 e. The third kappa shape index (κ3) is 4.21. The Balaban J connectivity index is 0.000000671. The number of alkyl halides is 1. The summed E-state index contributed by atoms with van der Waals surface area (Å²) < 4.78 is 0. The Kier molecular flexibility index (Phi) is 6.58. The van der Waals surface area contributed by atoms with Gasteiger partial charge >= 0.3 is 0 Å². The van der Waals surface area contributed by atoms with Gasteiger partial charge in [-0.25, -0.2) is 0 Å². The number of nitrogens with zero attached hydrogens (tertiary/aromatic N) is 1. The molecule has 0 bridgehead atoms. The van der Waals surface area contributed by atoms with Crippen LogP contribution in [0.5, 0.6) is 0 Å². The van der Waals surface area contributed by atoms with Gasteiger partial charge in [-0.1, -0.05) is 0 Å². The van der Waals surface area contributed by atoms with Crippen molar-refractivity contribution in [1.29, 1.82) is 5.26 Å². The van der Waals surface area contributed by atoms with Crippen molar-refractivity contribution in [2.45, 2.75) is 31.2 Å². The largest absolute Gasteiger partial charge is 0.313 e. The molecule has 2 N–H and O–H groups in total. The van der Waals surface area contributed by atoms with Crippen LogP contribution < -0.4 is 5.73 Å². The molecule has 4 heteroatoms. The maximum absolute atomic E-state index is 8.70. The second-order valence-corrected chi connectivity index (χ2v) is 3.67. The van der Waals surface area contributed by atoms with Crippen molar-refractivity contribution in [2.24, 2.45) is 11.7 Å². The molecule has 1 aliphatic carbocycles. The summed E-state index contributed by atoms with van der Waals surface area (Å²) in [5, 5.41) is 8.70. The number of rotatable bonds is 1. The van der Waals surface area contributed by atoms with Gasteiger partial charge in [-0.2, -0.15) is 17.9 Å². The van der Waals surface area contributed by atoms with Crippen molar-refractivity contribution in [1.82, 2.24) is 0 Å². The lowest BCUT2D eigenvalue weighted by atomic mass is 9.79. The van der Waals surface area contributed by atoms with Gasteiger partial charge in [-0.3, -0.25) is 0 Å². The Labute approximate surface area is 90.8 Å². The van der Waals surface area contributed by atoms with Crippen molar-refractivity contribution in [2.75, 3.05) is 12.1 Å². The normalized spacial score (nSPS) is 32.7. The Hall–Kier alpha value is 0.0900. The number of nitriles is 1. The summed E-state index contributed by atoms with van der Waals surface area (Å²) in [5.41, 5.74) is 5.22. The quantitative estimate of drug-likeness (QED) is 0.526. The van der Waals surface area contributed by atoms with Crippen LogP contribution >= 0.6 is 24.2 Å². The number of hydrogen-bond donors (Lipinski definition) is 2. The van der Waals surface area contributed by atoms with Crippen LogP contribution in [0.2, 0.25) is 0 Å². The fourth-order valence-corrected chi connectivity index (χ4v) is 1.77. The lowest BCUT2D eigenvalue weighted by molar-refractivity contribution is 0.299. The molecular weight excluding hydrogens is 204 g/mol. The van der Waals surface area contributed by atoms with E-state index >= 15 is 0 Å². The van der Waals surface area contributed by atoms with Crippen molar-refractivity contribution in [3.05, 3.63) is 0 Å². The second-order valence-electron chi connectivity index (χ2n) is 3.37. The topological polar surface area (TPSA) is 49.8 Å². The molecule has 1 fully saturated rings. The fraction of sp³-hybridized carbons (Fsp3) is 0.889. The van der Waals surface area contributed by atoms with Crippen LogP contribution in [-0.2, 0) is 0 Å². The molecule has 0 heterocycles. The molecule has 0 aromatic heterocycles. The van der Waals surface area contributed by atoms with Crippen molar-refractivity contribution in [3.8, 4) is 6.07 Å². The lowest BCUT2D eigenvalue weighted by Gasteiger charge is -2.30. The Morgan fingerprint density at radius 2 is 2.00 bits per heavy atom. The van der Waals surface area contributed by atoms with Crippen molar-refractivity contribution in [3.63, 3.8) is 0 Å². The molecule has 1 saturated carbocycles. The zero-order valence-electron chi connectivity index (χ0n) is 7.96. The molecule has 0 aliphatic heterocycles. The average Bonchev–Trinajstić information content (AvgIpc) is 2.22. The van der Waals surface area contributed by atoms with E-state index in [9.17, 15) is 0 Å². The minimum atomic E-state index is -0.553. The first-order chi connectivity index (χ1) is 6.20. The summed E-state index contributed by atoms with van der Waals surface area (Å²) in [6, 6.07) is 2.16. The van der Waals surface area contributed by atoms with Gasteiger partial charge < -0.3 is 5.73 Å². The van der Waals surface area contributed by atoms with Gasteiger partial charge in [0, 0.05) is 5.88 Å². The summed E-state index contributed by atoms with van der Waals surface area (Å²) in [7, 11) is 0. The van der Waals surface area contributed by atoms with Gasteiger partial charge in [0.25, 0.3) is 0 Å². The van der Waals surface area contributed by atoms with Crippen molar-refractivity contribution >= 4 is 24.2 Å². The van der Waals surface area contributed by atoms with Crippen LogP contribution in [-0.4, -0.2) is 17.7 Å². The van der Waals surface area contributed by atoms with Crippen LogP contribution in [0.15, 0.2) is 0 Å². The van der Waals surface area contributed by atoms with Crippen LogP contribution in [0.25, 0.3) is 0 Å². The molecule has 0 aromatic carbocycles. The lowest BCUT2D eigenvalue weighted by Crippen LogP contribution is -2.41. The molecule has 2 nitrogen and oxygen atoms in total. The predicted molar refractivity (Wildman–Crippen MR) is 60.1 cm³/mol. The Morgan fingerprint density at radius 3 is 2.31 bits per heavy atom. The van der Waals surface area contributed by atoms with E-state index in [-0.39, 0.29) is 0 Å². The minimum absolute atomic E-state index is 0.553. The highest BCUT2D eigenvalue weighted by atomic mass is 35.5. The van der Waals surface area contributed by atoms with Gasteiger partial charge in [-0.05, 0) is 37.9 Å². The zero-order valence-corrected chi connectivity index (χ0v) is 9.61. The number of hydrogen-bond acceptors (Lipinski definition) is 3. The van der Waals surface area contributed by atoms with E-state index in [4.69, 9.17) is 22.6 Å². The standard InChI is InChI=1S/C8H13ClN2.CH4S/c9-5-7-1-3-8(11,6-10)4-2-7;1-2/h7H,1-5,11H2;2H,1H3. The van der Waals surface area contributed by atoms with Gasteiger partial charge in [0.15, 0.2) is 0 Å². The molecule has 0 unspecified atom stereocenters. The summed E-state index contributed by atoms with van der Waals surface area (Å²) >= 11 is 9.22. The average molecular weight is 221 g/mol. The molecule has 1 rings (SSSR count). The molecular formula is C9H17ClN2S. The molecule has 0 saturated heterocycles. The van der Waals surface area contributed by atoms with E-state index in [1.807, 2.05) is 0 Å². The summed E-state index contributed by atoms with van der Waals surface area (Å²) in [5.74, 6) is 1.29. The van der Waals surface area contributed by atoms with E-state index < -0.39 is 5.54 Å². The van der Waals surface area contributed by atoms with E-state index in [1.54, 1.807) is 6.26 Å². The van der Waals surface area contributed by atoms with E-state index in [1.165, 1.54) is 0 Å². The number of halogens is 1. The first-order valence-corrected chi connectivity index (χ1v) is 5.84. The smallest absolute Gasteiger partial charge is 0.104 e. The second kappa shape index (κ2) is 6.53. The molecule has 0 aromatic rings. The van der Waals surface area contributed by atoms with Gasteiger partial charge in [0.1, 0.15) is 5.54 Å². The monoisotopic (exact) mass is 220 g/mol. The number of thiol groups is 1. The highest BCUT2D eigenvalue weighted by Crippen LogP contribution is 2.30. The third-order valence-electron chi connectivity index (χ3n) is 2.44. The highest BCUT2D eigenvalue weighted by Gasteiger charge is 2.30. The third-order valence-corrected chi connectivity index (χ3v) is 2.87. The van der Waals surface area contributed by atoms with Crippen LogP contribution in [0, 0.1) is 17.2 Å². The van der Waals surface area contributed by atoms with Crippen LogP contribution in [0.1, 0.15) is 25.7 Å². The van der Waals surface area contributed by atoms with E-state index in [2.05, 4.69) is 18.7 Å². The summed E-state index contributed by atoms with van der Waals surface area (Å²) in [4.78, 5) is 0. The summed E-state index contributed by atoms with van der Waals surface area (Å²) in [6.45, 7) is 0. The van der Waals surface area contributed by atoms with Crippen molar-refractivity contribution < 1.29 is 0 Å². The molecule has 13 heavy (non-hydrogen) atoms. The fourth-order valence-electron chi connectivity index (χ4n) is 1.46. The minimum Gasteiger partial charge on any atom is -0.313 e. The SMILES string of the molecule is CS.N#CC1(N)CCC(CCl)CC1. The molecule has 0 atom stereocenters. The van der Waals surface area contributed by atoms with Crippen LogP contribution in [0.4, 0.5) is 0 Å². The van der Waals surface area contributed by atoms with Crippen LogP contribution in [0.3, 0.4) is 0 Å². The van der Waals surface area contributed by atoms with Gasteiger partial charge in [-0.15, -0.1) is 11.6 Å². The predicted octanol–water partition coefficient (Wildman–Crippen LogP) is 2.18. The molecule has 1 aliphatic rings. The van der Waals surface area contributed by atoms with E-state index in [0.717, 1.165) is 25.7 Å².